The first-order valence-corrected chi connectivity index (χ1v) is 10.6. The zero-order chi connectivity index (χ0) is 21.7. The van der Waals surface area contributed by atoms with Crippen LogP contribution in [0.25, 0.3) is 0 Å². The monoisotopic (exact) mass is 446 g/mol. The normalized spacial score (nSPS) is 10.9. The van der Waals surface area contributed by atoms with Crippen molar-refractivity contribution in [3.63, 3.8) is 0 Å². The summed E-state index contributed by atoms with van der Waals surface area (Å²) in [5, 5.41) is 3.25. The van der Waals surface area contributed by atoms with Crippen LogP contribution in [0, 0.1) is 0 Å². The number of amides is 1. The number of rotatable bonds is 7. The molecule has 0 aliphatic rings. The van der Waals surface area contributed by atoms with Crippen LogP contribution in [0.3, 0.4) is 0 Å². The van der Waals surface area contributed by atoms with Crippen LogP contribution in [0.4, 0.5) is 11.4 Å². The zero-order valence-electron chi connectivity index (χ0n) is 16.2. The van der Waals surface area contributed by atoms with Crippen LogP contribution in [-0.2, 0) is 10.0 Å². The molecule has 0 spiro atoms. The average Bonchev–Trinajstić information content (AvgIpc) is 2.74. The Hall–Kier alpha value is -3.23. The predicted molar refractivity (Wildman–Crippen MR) is 116 cm³/mol. The lowest BCUT2D eigenvalue weighted by Gasteiger charge is -2.14. The standard InChI is InChI=1S/C21H19ClN2O5S/c1-28-19-12-11-16(13-20(19)29-2)30(26,27)24-18-6-4-3-5-17(18)21(25)23-15-9-7-14(22)8-10-15/h3-13,24H,1-2H3,(H,23,25). The molecule has 7 nitrogen and oxygen atoms in total. The summed E-state index contributed by atoms with van der Waals surface area (Å²) in [7, 11) is -1.12. The van der Waals surface area contributed by atoms with Crippen LogP contribution in [0.2, 0.25) is 5.02 Å². The molecule has 1 amide bonds. The molecule has 0 aliphatic heterocycles. The van der Waals surface area contributed by atoms with E-state index in [0.29, 0.717) is 16.5 Å². The van der Waals surface area contributed by atoms with E-state index in [1.807, 2.05) is 0 Å². The van der Waals surface area contributed by atoms with Gasteiger partial charge in [-0.15, -0.1) is 0 Å². The van der Waals surface area contributed by atoms with E-state index < -0.39 is 15.9 Å². The van der Waals surface area contributed by atoms with Gasteiger partial charge in [0.25, 0.3) is 15.9 Å². The molecule has 3 aromatic rings. The molecule has 0 aliphatic carbocycles. The minimum Gasteiger partial charge on any atom is -0.493 e. The van der Waals surface area contributed by atoms with Crippen molar-refractivity contribution in [3.8, 4) is 11.5 Å². The molecule has 9 heteroatoms. The second-order valence-electron chi connectivity index (χ2n) is 6.13. The topological polar surface area (TPSA) is 93.7 Å². The molecule has 0 fully saturated rings. The van der Waals surface area contributed by atoms with Gasteiger partial charge in [-0.3, -0.25) is 9.52 Å². The quantitative estimate of drug-likeness (QED) is 0.560. The van der Waals surface area contributed by atoms with Crippen LogP contribution >= 0.6 is 11.6 Å². The van der Waals surface area contributed by atoms with Gasteiger partial charge < -0.3 is 14.8 Å². The molecule has 3 rings (SSSR count). The van der Waals surface area contributed by atoms with E-state index in [-0.39, 0.29) is 21.9 Å². The maximum atomic E-state index is 12.9. The first kappa shape index (κ1) is 21.5. The molecule has 30 heavy (non-hydrogen) atoms. The fourth-order valence-corrected chi connectivity index (χ4v) is 3.91. The summed E-state index contributed by atoms with van der Waals surface area (Å²) >= 11 is 5.86. The summed E-state index contributed by atoms with van der Waals surface area (Å²) in [6, 6.07) is 17.1. The van der Waals surface area contributed by atoms with Crippen LogP contribution in [0.15, 0.2) is 71.6 Å². The Morgan fingerprint density at radius 2 is 1.57 bits per heavy atom. The second kappa shape index (κ2) is 9.06. The van der Waals surface area contributed by atoms with Crippen molar-refractivity contribution < 1.29 is 22.7 Å². The molecule has 0 bridgehead atoms. The molecule has 0 saturated carbocycles. The Balaban J connectivity index is 1.88. The molecular weight excluding hydrogens is 428 g/mol. The molecular formula is C21H19ClN2O5S. The number of carbonyl (C=O) groups excluding carboxylic acids is 1. The van der Waals surface area contributed by atoms with E-state index in [1.165, 1.54) is 44.6 Å². The van der Waals surface area contributed by atoms with E-state index in [9.17, 15) is 13.2 Å². The largest absolute Gasteiger partial charge is 0.493 e. The molecule has 0 atom stereocenters. The number of sulfonamides is 1. The summed E-state index contributed by atoms with van der Waals surface area (Å²) in [6.45, 7) is 0. The van der Waals surface area contributed by atoms with Gasteiger partial charge in [-0.1, -0.05) is 23.7 Å². The van der Waals surface area contributed by atoms with Gasteiger partial charge in [0.2, 0.25) is 0 Å². The smallest absolute Gasteiger partial charge is 0.262 e. The third kappa shape index (κ3) is 4.84. The number of ether oxygens (including phenoxy) is 2. The van der Waals surface area contributed by atoms with Crippen molar-refractivity contribution in [2.75, 3.05) is 24.3 Å². The Kier molecular flexibility index (Phi) is 6.49. The number of methoxy groups -OCH3 is 2. The summed E-state index contributed by atoms with van der Waals surface area (Å²) in [5.74, 6) is 0.205. The van der Waals surface area contributed by atoms with Gasteiger partial charge >= 0.3 is 0 Å². The van der Waals surface area contributed by atoms with E-state index >= 15 is 0 Å². The average molecular weight is 447 g/mol. The Labute approximate surface area is 179 Å². The van der Waals surface area contributed by atoms with E-state index in [0.717, 1.165) is 0 Å². The van der Waals surface area contributed by atoms with E-state index in [4.69, 9.17) is 21.1 Å². The minimum absolute atomic E-state index is 0.0342. The highest BCUT2D eigenvalue weighted by Crippen LogP contribution is 2.30. The highest BCUT2D eigenvalue weighted by molar-refractivity contribution is 7.92. The molecule has 0 aromatic heterocycles. The second-order valence-corrected chi connectivity index (χ2v) is 8.25. The molecule has 0 heterocycles. The summed E-state index contributed by atoms with van der Waals surface area (Å²) in [5.41, 5.74) is 0.831. The Morgan fingerprint density at radius 3 is 2.23 bits per heavy atom. The van der Waals surface area contributed by atoms with Gasteiger partial charge in [0.15, 0.2) is 11.5 Å². The van der Waals surface area contributed by atoms with Crippen LogP contribution in [0.1, 0.15) is 10.4 Å². The number of carbonyl (C=O) groups is 1. The fraction of sp³-hybridized carbons (Fsp3) is 0.0952. The highest BCUT2D eigenvalue weighted by atomic mass is 35.5. The maximum absolute atomic E-state index is 12.9. The summed E-state index contributed by atoms with van der Waals surface area (Å²) < 4.78 is 38.5. The number of hydrogen-bond acceptors (Lipinski definition) is 5. The van der Waals surface area contributed by atoms with Crippen molar-refractivity contribution in [1.29, 1.82) is 0 Å². The fourth-order valence-electron chi connectivity index (χ4n) is 2.69. The van der Waals surface area contributed by atoms with Crippen molar-refractivity contribution >= 4 is 38.9 Å². The van der Waals surface area contributed by atoms with E-state index in [1.54, 1.807) is 36.4 Å². The Bertz CT molecular complexity index is 1160. The first-order valence-electron chi connectivity index (χ1n) is 8.75. The van der Waals surface area contributed by atoms with E-state index in [2.05, 4.69) is 10.0 Å². The lowest BCUT2D eigenvalue weighted by atomic mass is 10.1. The number of anilines is 2. The number of hydrogen-bond donors (Lipinski definition) is 2. The number of para-hydroxylation sites is 1. The van der Waals surface area contributed by atoms with Crippen LogP contribution < -0.4 is 19.5 Å². The minimum atomic E-state index is -3.99. The highest BCUT2D eigenvalue weighted by Gasteiger charge is 2.20. The molecule has 0 unspecified atom stereocenters. The molecule has 0 radical (unpaired) electrons. The number of halogens is 1. The lowest BCUT2D eigenvalue weighted by Crippen LogP contribution is -2.18. The number of nitrogens with one attached hydrogen (secondary N) is 2. The summed E-state index contributed by atoms with van der Waals surface area (Å²) in [6.07, 6.45) is 0. The summed E-state index contributed by atoms with van der Waals surface area (Å²) in [4.78, 5) is 12.7. The zero-order valence-corrected chi connectivity index (χ0v) is 17.8. The maximum Gasteiger partial charge on any atom is 0.262 e. The third-order valence-electron chi connectivity index (χ3n) is 4.18. The van der Waals surface area contributed by atoms with Crippen LogP contribution in [-0.4, -0.2) is 28.5 Å². The van der Waals surface area contributed by atoms with Crippen molar-refractivity contribution in [2.24, 2.45) is 0 Å². The van der Waals surface area contributed by atoms with Gasteiger partial charge in [0.1, 0.15) is 0 Å². The lowest BCUT2D eigenvalue weighted by molar-refractivity contribution is 0.102. The molecule has 3 aromatic carbocycles. The molecule has 0 saturated heterocycles. The molecule has 156 valence electrons. The SMILES string of the molecule is COc1ccc(S(=O)(=O)Nc2ccccc2C(=O)Nc2ccc(Cl)cc2)cc1OC. The third-order valence-corrected chi connectivity index (χ3v) is 5.80. The van der Waals surface area contributed by atoms with Crippen molar-refractivity contribution in [2.45, 2.75) is 4.90 Å². The first-order chi connectivity index (χ1) is 14.3. The van der Waals surface area contributed by atoms with Gasteiger partial charge in [-0.25, -0.2) is 8.42 Å². The van der Waals surface area contributed by atoms with Crippen molar-refractivity contribution in [3.05, 3.63) is 77.3 Å². The molecule has 2 N–H and O–H groups in total. The van der Waals surface area contributed by atoms with Gasteiger partial charge in [0, 0.05) is 16.8 Å². The predicted octanol–water partition coefficient (Wildman–Crippen LogP) is 4.41. The van der Waals surface area contributed by atoms with Crippen LogP contribution in [0.5, 0.6) is 11.5 Å². The van der Waals surface area contributed by atoms with Crippen molar-refractivity contribution in [1.82, 2.24) is 0 Å². The van der Waals surface area contributed by atoms with Gasteiger partial charge in [-0.2, -0.15) is 0 Å². The number of benzene rings is 3. The van der Waals surface area contributed by atoms with Gasteiger partial charge in [-0.05, 0) is 48.5 Å². The van der Waals surface area contributed by atoms with Gasteiger partial charge in [0.05, 0.1) is 30.4 Å². The Morgan fingerprint density at radius 1 is 0.900 bits per heavy atom.